The number of rotatable bonds is 3. The largest absolute Gasteiger partial charge is 0.338 e. The lowest BCUT2D eigenvalue weighted by Crippen LogP contribution is -2.55. The summed E-state index contributed by atoms with van der Waals surface area (Å²) in [6.07, 6.45) is 0. The summed E-state index contributed by atoms with van der Waals surface area (Å²) in [5.74, 6) is -0.481. The van der Waals surface area contributed by atoms with Crippen molar-refractivity contribution < 1.29 is 14.0 Å². The molecule has 1 aromatic rings. The molecular weight excluding hydrogens is 285 g/mol. The zero-order valence-corrected chi connectivity index (χ0v) is 13.0. The summed E-state index contributed by atoms with van der Waals surface area (Å²) in [6.45, 7) is 5.71. The molecule has 1 saturated heterocycles. The van der Waals surface area contributed by atoms with Crippen molar-refractivity contribution in [1.29, 1.82) is 0 Å². The first kappa shape index (κ1) is 16.4. The molecule has 1 atom stereocenters. The van der Waals surface area contributed by atoms with E-state index in [1.54, 1.807) is 9.80 Å². The maximum absolute atomic E-state index is 12.9. The van der Waals surface area contributed by atoms with Gasteiger partial charge in [-0.3, -0.25) is 9.59 Å². The highest BCUT2D eigenvalue weighted by Crippen LogP contribution is 2.12. The van der Waals surface area contributed by atoms with Crippen LogP contribution in [-0.4, -0.2) is 53.8 Å². The molecule has 5 nitrogen and oxygen atoms in total. The fourth-order valence-electron chi connectivity index (χ4n) is 2.40. The number of hydrogen-bond acceptors (Lipinski definition) is 3. The van der Waals surface area contributed by atoms with E-state index in [4.69, 9.17) is 5.73 Å². The van der Waals surface area contributed by atoms with Gasteiger partial charge in [0, 0.05) is 31.7 Å². The van der Waals surface area contributed by atoms with Gasteiger partial charge in [0.1, 0.15) is 5.82 Å². The minimum atomic E-state index is -0.501. The summed E-state index contributed by atoms with van der Waals surface area (Å²) in [7, 11) is 0. The van der Waals surface area contributed by atoms with Crippen LogP contribution in [0, 0.1) is 11.7 Å². The molecule has 1 aromatic carbocycles. The number of carbonyl (C=O) groups excluding carboxylic acids is 2. The average molecular weight is 307 g/mol. The van der Waals surface area contributed by atoms with Crippen molar-refractivity contribution in [2.75, 3.05) is 26.2 Å². The third-order valence-electron chi connectivity index (χ3n) is 3.97. The molecule has 2 N–H and O–H groups in total. The number of piperazine rings is 1. The molecule has 22 heavy (non-hydrogen) atoms. The fourth-order valence-corrected chi connectivity index (χ4v) is 2.40. The van der Waals surface area contributed by atoms with E-state index in [0.29, 0.717) is 31.7 Å². The first-order chi connectivity index (χ1) is 10.4. The molecule has 6 heteroatoms. The molecular formula is C16H22FN3O2. The molecule has 0 aliphatic carbocycles. The maximum atomic E-state index is 12.9. The topological polar surface area (TPSA) is 66.6 Å². The predicted octanol–water partition coefficient (Wildman–Crippen LogP) is 1.09. The fraction of sp³-hybridized carbons (Fsp3) is 0.500. The van der Waals surface area contributed by atoms with Crippen LogP contribution < -0.4 is 5.73 Å². The van der Waals surface area contributed by atoms with Gasteiger partial charge in [-0.15, -0.1) is 0 Å². The van der Waals surface area contributed by atoms with Crippen LogP contribution in [0.1, 0.15) is 24.2 Å². The highest BCUT2D eigenvalue weighted by Gasteiger charge is 2.28. The van der Waals surface area contributed by atoms with Crippen molar-refractivity contribution in [3.8, 4) is 0 Å². The van der Waals surface area contributed by atoms with Crippen LogP contribution in [0.15, 0.2) is 24.3 Å². The first-order valence-corrected chi connectivity index (χ1v) is 7.49. The van der Waals surface area contributed by atoms with Crippen molar-refractivity contribution in [1.82, 2.24) is 9.80 Å². The summed E-state index contributed by atoms with van der Waals surface area (Å²) >= 11 is 0. The van der Waals surface area contributed by atoms with E-state index in [0.717, 1.165) is 0 Å². The summed E-state index contributed by atoms with van der Waals surface area (Å²) in [5, 5.41) is 0. The molecule has 1 fully saturated rings. The SMILES string of the molecule is CC(C)[C@H](N)C(=O)N1CCN(C(=O)c2ccc(F)cc2)CC1. The minimum absolute atomic E-state index is 0.0659. The Balaban J connectivity index is 1.93. The van der Waals surface area contributed by atoms with E-state index in [-0.39, 0.29) is 23.5 Å². The molecule has 0 radical (unpaired) electrons. The number of nitrogens with two attached hydrogens (primary N) is 1. The second-order valence-corrected chi connectivity index (χ2v) is 5.89. The summed E-state index contributed by atoms with van der Waals surface area (Å²) in [6, 6.07) is 5.00. The second kappa shape index (κ2) is 6.87. The van der Waals surface area contributed by atoms with Gasteiger partial charge in [0.2, 0.25) is 5.91 Å². The van der Waals surface area contributed by atoms with Crippen molar-refractivity contribution in [3.05, 3.63) is 35.6 Å². The molecule has 0 aromatic heterocycles. The van der Waals surface area contributed by atoms with Crippen LogP contribution in [0.25, 0.3) is 0 Å². The van der Waals surface area contributed by atoms with Crippen molar-refractivity contribution >= 4 is 11.8 Å². The Morgan fingerprint density at radius 2 is 1.55 bits per heavy atom. The monoisotopic (exact) mass is 307 g/mol. The van der Waals surface area contributed by atoms with Crippen LogP contribution >= 0.6 is 0 Å². The van der Waals surface area contributed by atoms with E-state index >= 15 is 0 Å². The van der Waals surface area contributed by atoms with Gasteiger partial charge in [-0.1, -0.05) is 13.8 Å². The van der Waals surface area contributed by atoms with Crippen LogP contribution in [0.5, 0.6) is 0 Å². The standard InChI is InChI=1S/C16H22FN3O2/c1-11(2)14(18)16(22)20-9-7-19(8-10-20)15(21)12-3-5-13(17)6-4-12/h3-6,11,14H,7-10,18H2,1-2H3/t14-/m0/s1. The molecule has 1 heterocycles. The van der Waals surface area contributed by atoms with E-state index in [1.807, 2.05) is 13.8 Å². The van der Waals surface area contributed by atoms with Crippen molar-refractivity contribution in [3.63, 3.8) is 0 Å². The Labute approximate surface area is 129 Å². The number of amides is 2. The van der Waals surface area contributed by atoms with E-state index in [9.17, 15) is 14.0 Å². The lowest BCUT2D eigenvalue weighted by atomic mass is 10.0. The zero-order chi connectivity index (χ0) is 16.3. The van der Waals surface area contributed by atoms with Gasteiger partial charge in [-0.05, 0) is 30.2 Å². The van der Waals surface area contributed by atoms with Gasteiger partial charge in [0.15, 0.2) is 0 Å². The van der Waals surface area contributed by atoms with Crippen LogP contribution in [0.2, 0.25) is 0 Å². The molecule has 1 aliphatic heterocycles. The summed E-state index contributed by atoms with van der Waals surface area (Å²) in [4.78, 5) is 27.9. The Morgan fingerprint density at radius 3 is 2.05 bits per heavy atom. The lowest BCUT2D eigenvalue weighted by Gasteiger charge is -2.36. The van der Waals surface area contributed by atoms with Gasteiger partial charge in [0.25, 0.3) is 5.91 Å². The third kappa shape index (κ3) is 3.62. The van der Waals surface area contributed by atoms with Gasteiger partial charge >= 0.3 is 0 Å². The third-order valence-corrected chi connectivity index (χ3v) is 3.97. The summed E-state index contributed by atoms with van der Waals surface area (Å²) < 4.78 is 12.9. The highest BCUT2D eigenvalue weighted by atomic mass is 19.1. The molecule has 0 spiro atoms. The number of benzene rings is 1. The summed E-state index contributed by atoms with van der Waals surface area (Å²) in [5.41, 5.74) is 6.34. The Kier molecular flexibility index (Phi) is 5.13. The van der Waals surface area contributed by atoms with Gasteiger partial charge in [-0.25, -0.2) is 4.39 Å². The normalized spacial score (nSPS) is 16.8. The molecule has 0 bridgehead atoms. The predicted molar refractivity (Wildman–Crippen MR) is 81.7 cm³/mol. The Bertz CT molecular complexity index is 537. The number of nitrogens with zero attached hydrogens (tertiary/aromatic N) is 2. The van der Waals surface area contributed by atoms with Crippen molar-refractivity contribution in [2.24, 2.45) is 11.7 Å². The molecule has 0 unspecified atom stereocenters. The highest BCUT2D eigenvalue weighted by molar-refractivity contribution is 5.94. The van der Waals surface area contributed by atoms with Crippen LogP contribution in [0.3, 0.4) is 0 Å². The van der Waals surface area contributed by atoms with Crippen LogP contribution in [-0.2, 0) is 4.79 Å². The lowest BCUT2D eigenvalue weighted by molar-refractivity contribution is -0.135. The average Bonchev–Trinajstić information content (AvgIpc) is 2.53. The zero-order valence-electron chi connectivity index (χ0n) is 13.0. The second-order valence-electron chi connectivity index (χ2n) is 5.89. The first-order valence-electron chi connectivity index (χ1n) is 7.49. The van der Waals surface area contributed by atoms with Gasteiger partial charge in [0.05, 0.1) is 6.04 Å². The smallest absolute Gasteiger partial charge is 0.253 e. The van der Waals surface area contributed by atoms with E-state index in [1.165, 1.54) is 24.3 Å². The van der Waals surface area contributed by atoms with Gasteiger partial charge in [-0.2, -0.15) is 0 Å². The quantitative estimate of drug-likeness (QED) is 0.909. The molecule has 0 saturated carbocycles. The maximum Gasteiger partial charge on any atom is 0.253 e. The Morgan fingerprint density at radius 1 is 1.05 bits per heavy atom. The molecule has 2 rings (SSSR count). The van der Waals surface area contributed by atoms with Crippen molar-refractivity contribution in [2.45, 2.75) is 19.9 Å². The molecule has 1 aliphatic rings. The minimum Gasteiger partial charge on any atom is -0.338 e. The number of hydrogen-bond donors (Lipinski definition) is 1. The van der Waals surface area contributed by atoms with E-state index in [2.05, 4.69) is 0 Å². The number of halogens is 1. The molecule has 2 amide bonds. The van der Waals surface area contributed by atoms with E-state index < -0.39 is 6.04 Å². The number of carbonyl (C=O) groups is 2. The van der Waals surface area contributed by atoms with Crippen LogP contribution in [0.4, 0.5) is 4.39 Å². The Hall–Kier alpha value is -1.95. The molecule has 120 valence electrons. The van der Waals surface area contributed by atoms with Gasteiger partial charge < -0.3 is 15.5 Å².